The van der Waals surface area contributed by atoms with E-state index < -0.39 is 0 Å². The van der Waals surface area contributed by atoms with Gasteiger partial charge >= 0.3 is 0 Å². The Hall–Kier alpha value is -2.34. The highest BCUT2D eigenvalue weighted by Crippen LogP contribution is 2.34. The third-order valence-electron chi connectivity index (χ3n) is 2.50. The Morgan fingerprint density at radius 1 is 1.22 bits per heavy atom. The maximum absolute atomic E-state index is 9.00. The van der Waals surface area contributed by atoms with E-state index in [1.807, 2.05) is 18.2 Å². The van der Waals surface area contributed by atoms with E-state index in [4.69, 9.17) is 14.6 Å². The number of benzene rings is 1. The van der Waals surface area contributed by atoms with E-state index in [-0.39, 0.29) is 13.4 Å². The Labute approximate surface area is 103 Å². The number of aliphatic hydroxyl groups is 1. The van der Waals surface area contributed by atoms with Gasteiger partial charge in [0.1, 0.15) is 0 Å². The molecule has 1 aromatic carbocycles. The fraction of sp³-hybridized carbons (Fsp3) is 0.167. The number of fused-ring (bicyclic) bond motifs is 1. The number of ether oxygens (including phenoxy) is 2. The van der Waals surface area contributed by atoms with Crippen LogP contribution in [0.3, 0.4) is 0 Å². The van der Waals surface area contributed by atoms with Crippen molar-refractivity contribution in [2.45, 2.75) is 6.61 Å². The molecule has 18 heavy (non-hydrogen) atoms. The van der Waals surface area contributed by atoms with Crippen LogP contribution < -0.4 is 14.8 Å². The first kappa shape index (κ1) is 10.8. The highest BCUT2D eigenvalue weighted by Gasteiger charge is 2.13. The molecule has 3 rings (SSSR count). The van der Waals surface area contributed by atoms with Crippen molar-refractivity contribution in [3.63, 3.8) is 0 Å². The van der Waals surface area contributed by atoms with Crippen LogP contribution in [0, 0.1) is 0 Å². The van der Waals surface area contributed by atoms with E-state index >= 15 is 0 Å². The first-order valence-electron chi connectivity index (χ1n) is 5.44. The third kappa shape index (κ3) is 2.05. The van der Waals surface area contributed by atoms with E-state index in [1.165, 1.54) is 0 Å². The van der Waals surface area contributed by atoms with Gasteiger partial charge in [0.15, 0.2) is 11.5 Å². The van der Waals surface area contributed by atoms with Crippen molar-refractivity contribution in [1.29, 1.82) is 0 Å². The molecule has 1 aliphatic rings. The van der Waals surface area contributed by atoms with Crippen LogP contribution in [-0.2, 0) is 6.61 Å². The van der Waals surface area contributed by atoms with Crippen molar-refractivity contribution < 1.29 is 14.6 Å². The maximum Gasteiger partial charge on any atom is 0.231 e. The van der Waals surface area contributed by atoms with Gasteiger partial charge in [-0.1, -0.05) is 0 Å². The van der Waals surface area contributed by atoms with Crippen LogP contribution in [0.2, 0.25) is 0 Å². The van der Waals surface area contributed by atoms with Crippen LogP contribution in [-0.4, -0.2) is 21.9 Å². The molecule has 0 aliphatic carbocycles. The van der Waals surface area contributed by atoms with Crippen LogP contribution in [0.25, 0.3) is 0 Å². The van der Waals surface area contributed by atoms with Crippen molar-refractivity contribution in [3.8, 4) is 11.5 Å². The molecular formula is C12H11N3O3. The summed E-state index contributed by atoms with van der Waals surface area (Å²) < 4.78 is 10.5. The van der Waals surface area contributed by atoms with Crippen LogP contribution in [0.15, 0.2) is 30.5 Å². The van der Waals surface area contributed by atoms with E-state index in [9.17, 15) is 0 Å². The Bertz CT molecular complexity index is 574. The lowest BCUT2D eigenvalue weighted by molar-refractivity contribution is 0.174. The largest absolute Gasteiger partial charge is 0.454 e. The minimum atomic E-state index is -0.113. The zero-order valence-electron chi connectivity index (χ0n) is 9.46. The first-order valence-corrected chi connectivity index (χ1v) is 5.44. The normalized spacial score (nSPS) is 12.5. The van der Waals surface area contributed by atoms with Crippen LogP contribution >= 0.6 is 0 Å². The van der Waals surface area contributed by atoms with Gasteiger partial charge in [0, 0.05) is 18.0 Å². The minimum absolute atomic E-state index is 0.113. The van der Waals surface area contributed by atoms with Gasteiger partial charge in [-0.25, -0.2) is 9.97 Å². The molecule has 0 unspecified atom stereocenters. The van der Waals surface area contributed by atoms with E-state index in [1.54, 1.807) is 12.3 Å². The van der Waals surface area contributed by atoms with E-state index in [0.29, 0.717) is 17.4 Å². The number of nitrogens with zero attached hydrogens (tertiary/aromatic N) is 2. The Balaban J connectivity index is 1.83. The molecule has 0 spiro atoms. The number of rotatable bonds is 3. The molecule has 2 heterocycles. The van der Waals surface area contributed by atoms with Gasteiger partial charge in [-0.15, -0.1) is 0 Å². The molecule has 6 heteroatoms. The molecule has 0 atom stereocenters. The molecule has 0 saturated carbocycles. The number of anilines is 2. The van der Waals surface area contributed by atoms with Crippen LogP contribution in [0.1, 0.15) is 5.69 Å². The number of hydrogen-bond acceptors (Lipinski definition) is 6. The lowest BCUT2D eigenvalue weighted by Gasteiger charge is -2.06. The van der Waals surface area contributed by atoms with Crippen molar-refractivity contribution in [2.24, 2.45) is 0 Å². The van der Waals surface area contributed by atoms with Gasteiger partial charge < -0.3 is 19.9 Å². The molecule has 92 valence electrons. The van der Waals surface area contributed by atoms with Gasteiger partial charge in [-0.05, 0) is 18.2 Å². The molecule has 0 radical (unpaired) electrons. The van der Waals surface area contributed by atoms with Crippen LogP contribution in [0.5, 0.6) is 11.5 Å². The average Bonchev–Trinajstić information content (AvgIpc) is 2.86. The monoisotopic (exact) mass is 245 g/mol. The summed E-state index contributed by atoms with van der Waals surface area (Å²) in [5, 5.41) is 12.0. The van der Waals surface area contributed by atoms with Crippen molar-refractivity contribution in [2.75, 3.05) is 12.1 Å². The standard InChI is InChI=1S/C12H11N3O3/c16-6-9-3-4-13-12(15-9)14-8-1-2-10-11(5-8)18-7-17-10/h1-5,16H,6-7H2,(H,13,14,15). The number of aliphatic hydroxyl groups excluding tert-OH is 1. The minimum Gasteiger partial charge on any atom is -0.454 e. The lowest BCUT2D eigenvalue weighted by atomic mass is 10.3. The van der Waals surface area contributed by atoms with E-state index in [0.717, 1.165) is 11.4 Å². The summed E-state index contributed by atoms with van der Waals surface area (Å²) >= 11 is 0. The average molecular weight is 245 g/mol. The highest BCUT2D eigenvalue weighted by molar-refractivity contribution is 5.60. The SMILES string of the molecule is OCc1ccnc(Nc2ccc3c(c2)OCO3)n1. The Kier molecular flexibility index (Phi) is 2.70. The van der Waals surface area contributed by atoms with Crippen LogP contribution in [0.4, 0.5) is 11.6 Å². The molecule has 0 fully saturated rings. The number of aromatic nitrogens is 2. The summed E-state index contributed by atoms with van der Waals surface area (Å²) in [5.74, 6) is 1.85. The second-order valence-electron chi connectivity index (χ2n) is 3.72. The van der Waals surface area contributed by atoms with Gasteiger partial charge in [-0.3, -0.25) is 0 Å². The fourth-order valence-electron chi connectivity index (χ4n) is 1.65. The molecule has 1 aromatic heterocycles. The van der Waals surface area contributed by atoms with Crippen molar-refractivity contribution in [3.05, 3.63) is 36.2 Å². The zero-order chi connectivity index (χ0) is 12.4. The van der Waals surface area contributed by atoms with Crippen molar-refractivity contribution in [1.82, 2.24) is 9.97 Å². The summed E-state index contributed by atoms with van der Waals surface area (Å²) in [6.07, 6.45) is 1.59. The zero-order valence-corrected chi connectivity index (χ0v) is 9.46. The second kappa shape index (κ2) is 4.50. The molecule has 2 N–H and O–H groups in total. The van der Waals surface area contributed by atoms with Gasteiger partial charge in [0.2, 0.25) is 12.7 Å². The summed E-state index contributed by atoms with van der Waals surface area (Å²) in [4.78, 5) is 8.21. The molecule has 2 aromatic rings. The Morgan fingerprint density at radius 2 is 2.11 bits per heavy atom. The molecule has 6 nitrogen and oxygen atoms in total. The quantitative estimate of drug-likeness (QED) is 0.852. The third-order valence-corrected chi connectivity index (χ3v) is 2.50. The topological polar surface area (TPSA) is 76.5 Å². The van der Waals surface area contributed by atoms with E-state index in [2.05, 4.69) is 15.3 Å². The van der Waals surface area contributed by atoms with Gasteiger partial charge in [0.05, 0.1) is 12.3 Å². The van der Waals surface area contributed by atoms with Gasteiger partial charge in [-0.2, -0.15) is 0 Å². The summed E-state index contributed by atoms with van der Waals surface area (Å²) in [7, 11) is 0. The predicted octanol–water partition coefficient (Wildman–Crippen LogP) is 1.44. The number of nitrogens with one attached hydrogen (secondary N) is 1. The predicted molar refractivity (Wildman–Crippen MR) is 63.8 cm³/mol. The van der Waals surface area contributed by atoms with Gasteiger partial charge in [0.25, 0.3) is 0 Å². The molecule has 0 bridgehead atoms. The number of hydrogen-bond donors (Lipinski definition) is 2. The molecule has 0 amide bonds. The fourth-order valence-corrected chi connectivity index (χ4v) is 1.65. The molecule has 0 saturated heterocycles. The lowest BCUT2D eigenvalue weighted by Crippen LogP contribution is -1.99. The Morgan fingerprint density at radius 3 is 3.00 bits per heavy atom. The second-order valence-corrected chi connectivity index (χ2v) is 3.72. The summed E-state index contributed by atoms with van der Waals surface area (Å²) in [5.41, 5.74) is 1.36. The summed E-state index contributed by atoms with van der Waals surface area (Å²) in [6.45, 7) is 0.133. The maximum atomic E-state index is 9.00. The summed E-state index contributed by atoms with van der Waals surface area (Å²) in [6, 6.07) is 7.14. The highest BCUT2D eigenvalue weighted by atomic mass is 16.7. The molecule has 1 aliphatic heterocycles. The first-order chi connectivity index (χ1) is 8.85. The van der Waals surface area contributed by atoms with Crippen molar-refractivity contribution >= 4 is 11.6 Å². The smallest absolute Gasteiger partial charge is 0.231 e. The molecular weight excluding hydrogens is 234 g/mol.